The van der Waals surface area contributed by atoms with Crippen LogP contribution in [0.25, 0.3) is 0 Å². The molecule has 0 aliphatic heterocycles. The van der Waals surface area contributed by atoms with Crippen molar-refractivity contribution in [3.05, 3.63) is 34.3 Å². The van der Waals surface area contributed by atoms with Crippen LogP contribution in [-0.4, -0.2) is 26.3 Å². The number of hydrogen-bond acceptors (Lipinski definition) is 3. The number of benzene rings is 1. The van der Waals surface area contributed by atoms with E-state index in [4.69, 9.17) is 10.00 Å². The molecule has 1 atom stereocenters. The van der Waals surface area contributed by atoms with Gasteiger partial charge >= 0.3 is 5.92 Å². The topological polar surface area (TPSA) is 45.0 Å². The second-order valence-electron chi connectivity index (χ2n) is 3.64. The van der Waals surface area contributed by atoms with Gasteiger partial charge in [-0.15, -0.1) is 0 Å². The Morgan fingerprint density at radius 2 is 2.06 bits per heavy atom. The van der Waals surface area contributed by atoms with E-state index in [1.807, 2.05) is 0 Å². The molecule has 3 nitrogen and oxygen atoms in total. The van der Waals surface area contributed by atoms with Gasteiger partial charge in [-0.1, -0.05) is 28.1 Å². The second-order valence-corrected chi connectivity index (χ2v) is 4.55. The van der Waals surface area contributed by atoms with Crippen LogP contribution in [0.2, 0.25) is 0 Å². The molecule has 1 unspecified atom stereocenters. The van der Waals surface area contributed by atoms with E-state index in [9.17, 15) is 8.78 Å². The Balaban J connectivity index is 2.82. The molecule has 0 aromatic heterocycles. The van der Waals surface area contributed by atoms with E-state index < -0.39 is 12.0 Å². The van der Waals surface area contributed by atoms with Crippen molar-refractivity contribution in [2.45, 2.75) is 12.0 Å². The monoisotopic (exact) mass is 318 g/mol. The van der Waals surface area contributed by atoms with Crippen LogP contribution in [0.15, 0.2) is 28.7 Å². The van der Waals surface area contributed by atoms with Crippen LogP contribution in [0.3, 0.4) is 0 Å². The van der Waals surface area contributed by atoms with Crippen LogP contribution in [0.1, 0.15) is 5.56 Å². The molecular weight excluding hydrogens is 306 g/mol. The minimum absolute atomic E-state index is 0.192. The van der Waals surface area contributed by atoms with Crippen LogP contribution >= 0.6 is 15.9 Å². The van der Waals surface area contributed by atoms with Crippen LogP contribution in [0, 0.1) is 11.3 Å². The first kappa shape index (κ1) is 15.0. The SMILES string of the molecule is COCCNC(C#N)C(F)(F)c1ccc(Br)cc1. The Hall–Kier alpha value is -1.03. The number of ether oxygens (including phenoxy) is 1. The third-order valence-corrected chi connectivity index (χ3v) is 2.90. The molecule has 0 saturated heterocycles. The zero-order valence-corrected chi connectivity index (χ0v) is 11.4. The van der Waals surface area contributed by atoms with Crippen LogP contribution in [0.5, 0.6) is 0 Å². The van der Waals surface area contributed by atoms with Crippen molar-refractivity contribution < 1.29 is 13.5 Å². The average molecular weight is 319 g/mol. The largest absolute Gasteiger partial charge is 0.383 e. The summed E-state index contributed by atoms with van der Waals surface area (Å²) in [6.07, 6.45) is 0. The standard InChI is InChI=1S/C12H13BrF2N2O/c1-18-7-6-17-11(8-16)12(14,15)9-2-4-10(13)5-3-9/h2-5,11,17H,6-7H2,1H3. The maximum Gasteiger partial charge on any atom is 0.301 e. The number of methoxy groups -OCH3 is 1. The van der Waals surface area contributed by atoms with Crippen molar-refractivity contribution in [2.75, 3.05) is 20.3 Å². The van der Waals surface area contributed by atoms with Gasteiger partial charge in [0, 0.05) is 23.7 Å². The fourth-order valence-electron chi connectivity index (χ4n) is 1.40. The summed E-state index contributed by atoms with van der Waals surface area (Å²) < 4.78 is 33.5. The Kier molecular flexibility index (Phi) is 5.66. The molecule has 6 heteroatoms. The number of halogens is 3. The summed E-state index contributed by atoms with van der Waals surface area (Å²) in [6.45, 7) is 0.468. The number of nitrogens with one attached hydrogen (secondary N) is 1. The normalized spacial score (nSPS) is 13.1. The minimum atomic E-state index is -3.25. The lowest BCUT2D eigenvalue weighted by Crippen LogP contribution is -2.43. The van der Waals surface area contributed by atoms with Gasteiger partial charge in [-0.2, -0.15) is 14.0 Å². The van der Waals surface area contributed by atoms with E-state index in [0.29, 0.717) is 4.47 Å². The number of alkyl halides is 2. The number of nitriles is 1. The van der Waals surface area contributed by atoms with Gasteiger partial charge in [-0.25, -0.2) is 0 Å². The summed E-state index contributed by atoms with van der Waals surface area (Å²) in [7, 11) is 1.47. The smallest absolute Gasteiger partial charge is 0.301 e. The molecule has 1 rings (SSSR count). The van der Waals surface area contributed by atoms with Crippen LogP contribution in [0.4, 0.5) is 8.78 Å². The van der Waals surface area contributed by atoms with Crippen molar-refractivity contribution in [1.29, 1.82) is 5.26 Å². The highest BCUT2D eigenvalue weighted by Crippen LogP contribution is 2.32. The van der Waals surface area contributed by atoms with Gasteiger partial charge in [-0.05, 0) is 12.1 Å². The molecule has 1 aromatic carbocycles. The van der Waals surface area contributed by atoms with E-state index in [1.54, 1.807) is 6.07 Å². The molecule has 0 amide bonds. The highest BCUT2D eigenvalue weighted by molar-refractivity contribution is 9.10. The molecule has 0 bridgehead atoms. The Labute approximate surface area is 113 Å². The molecule has 0 aliphatic rings. The van der Waals surface area contributed by atoms with Gasteiger partial charge < -0.3 is 4.74 Å². The minimum Gasteiger partial charge on any atom is -0.383 e. The highest BCUT2D eigenvalue weighted by atomic mass is 79.9. The van der Waals surface area contributed by atoms with Crippen LogP contribution in [-0.2, 0) is 10.7 Å². The molecule has 1 N–H and O–H groups in total. The molecule has 0 radical (unpaired) electrons. The van der Waals surface area contributed by atoms with Crippen LogP contribution < -0.4 is 5.32 Å². The first-order valence-corrected chi connectivity index (χ1v) is 6.07. The molecular formula is C12H13BrF2N2O. The highest BCUT2D eigenvalue weighted by Gasteiger charge is 2.41. The van der Waals surface area contributed by atoms with E-state index in [-0.39, 0.29) is 18.7 Å². The lowest BCUT2D eigenvalue weighted by atomic mass is 10.0. The number of rotatable bonds is 6. The van der Waals surface area contributed by atoms with Gasteiger partial charge in [0.15, 0.2) is 6.04 Å². The zero-order valence-electron chi connectivity index (χ0n) is 9.79. The summed E-state index contributed by atoms with van der Waals surface area (Å²) >= 11 is 3.18. The van der Waals surface area contributed by atoms with Crippen molar-refractivity contribution in [1.82, 2.24) is 5.32 Å². The number of nitrogens with zero attached hydrogens (tertiary/aromatic N) is 1. The van der Waals surface area contributed by atoms with Crippen molar-refractivity contribution in [3.8, 4) is 6.07 Å². The van der Waals surface area contributed by atoms with Gasteiger partial charge in [0.05, 0.1) is 12.7 Å². The first-order chi connectivity index (χ1) is 8.52. The number of hydrogen-bond donors (Lipinski definition) is 1. The van der Waals surface area contributed by atoms with Gasteiger partial charge in [0.25, 0.3) is 0 Å². The third kappa shape index (κ3) is 3.73. The molecule has 0 saturated carbocycles. The summed E-state index contributed by atoms with van der Waals surface area (Å²) in [5.74, 6) is -3.25. The Morgan fingerprint density at radius 3 is 2.56 bits per heavy atom. The van der Waals surface area contributed by atoms with Gasteiger partial charge in [0.1, 0.15) is 0 Å². The van der Waals surface area contributed by atoms with Crippen molar-refractivity contribution in [3.63, 3.8) is 0 Å². The van der Waals surface area contributed by atoms with E-state index in [1.165, 1.54) is 31.4 Å². The van der Waals surface area contributed by atoms with E-state index in [0.717, 1.165) is 0 Å². The third-order valence-electron chi connectivity index (χ3n) is 2.38. The molecule has 18 heavy (non-hydrogen) atoms. The fraction of sp³-hybridized carbons (Fsp3) is 0.417. The van der Waals surface area contributed by atoms with Crippen molar-refractivity contribution in [2.24, 2.45) is 0 Å². The lowest BCUT2D eigenvalue weighted by molar-refractivity contribution is -0.0270. The summed E-state index contributed by atoms with van der Waals surface area (Å²) in [5, 5.41) is 11.3. The predicted octanol–water partition coefficient (Wildman–Crippen LogP) is 2.67. The van der Waals surface area contributed by atoms with Crippen molar-refractivity contribution >= 4 is 15.9 Å². The Bertz CT molecular complexity index is 417. The van der Waals surface area contributed by atoms with E-state index >= 15 is 0 Å². The molecule has 0 fully saturated rings. The second kappa shape index (κ2) is 6.78. The quantitative estimate of drug-likeness (QED) is 0.820. The van der Waals surface area contributed by atoms with E-state index in [2.05, 4.69) is 21.2 Å². The first-order valence-electron chi connectivity index (χ1n) is 5.28. The molecule has 0 aliphatic carbocycles. The zero-order chi connectivity index (χ0) is 13.6. The summed E-state index contributed by atoms with van der Waals surface area (Å²) in [6, 6.07) is 5.65. The average Bonchev–Trinajstić information content (AvgIpc) is 2.35. The van der Waals surface area contributed by atoms with Gasteiger partial charge in [0.2, 0.25) is 0 Å². The Morgan fingerprint density at radius 1 is 1.44 bits per heavy atom. The lowest BCUT2D eigenvalue weighted by Gasteiger charge is -2.22. The summed E-state index contributed by atoms with van der Waals surface area (Å²) in [5.41, 5.74) is -0.192. The summed E-state index contributed by atoms with van der Waals surface area (Å²) in [4.78, 5) is 0. The van der Waals surface area contributed by atoms with Gasteiger partial charge in [-0.3, -0.25) is 5.32 Å². The predicted molar refractivity (Wildman–Crippen MR) is 67.3 cm³/mol. The maximum atomic E-state index is 14.0. The molecule has 0 spiro atoms. The molecule has 0 heterocycles. The maximum absolute atomic E-state index is 14.0. The fourth-order valence-corrected chi connectivity index (χ4v) is 1.66. The molecule has 98 valence electrons. The molecule has 1 aromatic rings.